The van der Waals surface area contributed by atoms with Gasteiger partial charge in [0.2, 0.25) is 0 Å². The number of benzene rings is 2. The number of rotatable bonds is 9. The van der Waals surface area contributed by atoms with Crippen molar-refractivity contribution in [1.82, 2.24) is 10.3 Å². The second kappa shape index (κ2) is 13.1. The predicted octanol–water partition coefficient (Wildman–Crippen LogP) is 7.34. The maximum Gasteiger partial charge on any atom is 0.340 e. The molecule has 1 N–H and O–H groups in total. The molecule has 44 heavy (non-hydrogen) atoms. The number of ether oxygens (including phenoxy) is 2. The maximum absolute atomic E-state index is 13.7. The van der Waals surface area contributed by atoms with Crippen molar-refractivity contribution in [3.05, 3.63) is 82.7 Å². The molecular weight excluding hydrogens is 550 g/mol. The summed E-state index contributed by atoms with van der Waals surface area (Å²) in [5.41, 5.74) is 6.40. The number of nitrogens with one attached hydrogen (secondary N) is 1. The van der Waals surface area contributed by atoms with Gasteiger partial charge in [0, 0.05) is 47.7 Å². The van der Waals surface area contributed by atoms with E-state index in [0.717, 1.165) is 52.4 Å². The highest BCUT2D eigenvalue weighted by atomic mass is 16.6. The third-order valence-electron chi connectivity index (χ3n) is 8.65. The summed E-state index contributed by atoms with van der Waals surface area (Å²) in [5, 5.41) is 3.02. The summed E-state index contributed by atoms with van der Waals surface area (Å²) in [5.74, 6) is 0.762. The van der Waals surface area contributed by atoms with Gasteiger partial charge in [0.1, 0.15) is 0 Å². The number of nitrogens with zero attached hydrogens (tertiary/aromatic N) is 2. The highest BCUT2D eigenvalue weighted by Gasteiger charge is 2.41. The molecule has 5 rings (SSSR count). The number of amides is 1. The van der Waals surface area contributed by atoms with E-state index in [1.165, 1.54) is 19.3 Å². The van der Waals surface area contributed by atoms with E-state index >= 15 is 0 Å². The van der Waals surface area contributed by atoms with Crippen LogP contribution in [0.3, 0.4) is 0 Å². The molecule has 3 aromatic rings. The van der Waals surface area contributed by atoms with Crippen molar-refractivity contribution in [2.45, 2.75) is 92.1 Å². The molecule has 2 heterocycles. The molecule has 1 amide bonds. The van der Waals surface area contributed by atoms with Crippen molar-refractivity contribution in [1.29, 1.82) is 0 Å². The molecule has 7 nitrogen and oxygen atoms in total. The van der Waals surface area contributed by atoms with E-state index in [2.05, 4.69) is 10.2 Å². The summed E-state index contributed by atoms with van der Waals surface area (Å²) in [6, 6.07) is 17.6. The van der Waals surface area contributed by atoms with Crippen LogP contribution < -0.4 is 10.2 Å². The van der Waals surface area contributed by atoms with Crippen LogP contribution in [0.1, 0.15) is 92.9 Å². The molecule has 1 saturated heterocycles. The van der Waals surface area contributed by atoms with Crippen molar-refractivity contribution in [2.24, 2.45) is 11.8 Å². The zero-order valence-corrected chi connectivity index (χ0v) is 27.3. The number of esters is 1. The molecule has 0 bridgehead atoms. The zero-order valence-electron chi connectivity index (χ0n) is 27.3. The van der Waals surface area contributed by atoms with Crippen LogP contribution in [0.2, 0.25) is 0 Å². The smallest absolute Gasteiger partial charge is 0.340 e. The van der Waals surface area contributed by atoms with Crippen molar-refractivity contribution in [3.8, 4) is 11.1 Å². The molecule has 3 atom stereocenters. The van der Waals surface area contributed by atoms with Crippen LogP contribution in [0.25, 0.3) is 11.1 Å². The largest absolute Gasteiger partial charge is 0.461 e. The lowest BCUT2D eigenvalue weighted by molar-refractivity contribution is -0.171. The van der Waals surface area contributed by atoms with Crippen LogP contribution in [0.4, 0.5) is 5.69 Å². The molecule has 234 valence electrons. The molecule has 2 aliphatic rings. The van der Waals surface area contributed by atoms with Gasteiger partial charge in [-0.1, -0.05) is 48.9 Å². The van der Waals surface area contributed by atoms with Crippen molar-refractivity contribution >= 4 is 17.6 Å². The summed E-state index contributed by atoms with van der Waals surface area (Å²) in [7, 11) is 0. The number of carbonyl (C=O) groups excluding carboxylic acids is 2. The van der Waals surface area contributed by atoms with E-state index < -0.39 is 17.7 Å². The minimum absolute atomic E-state index is 0.123. The normalized spacial score (nSPS) is 18.8. The summed E-state index contributed by atoms with van der Waals surface area (Å²) < 4.78 is 12.3. The van der Waals surface area contributed by atoms with Crippen LogP contribution in [-0.4, -0.2) is 41.7 Å². The fourth-order valence-corrected chi connectivity index (χ4v) is 6.79. The molecule has 1 aliphatic carbocycles. The third kappa shape index (κ3) is 7.15. The Morgan fingerprint density at radius 2 is 1.59 bits per heavy atom. The van der Waals surface area contributed by atoms with Gasteiger partial charge in [0.15, 0.2) is 6.10 Å². The number of hydrogen-bond donors (Lipinski definition) is 1. The average Bonchev–Trinajstić information content (AvgIpc) is 3.57. The molecular formula is C37H47N3O4. The number of aromatic nitrogens is 1. The van der Waals surface area contributed by atoms with Crippen LogP contribution in [-0.2, 0) is 20.8 Å². The van der Waals surface area contributed by atoms with Gasteiger partial charge >= 0.3 is 5.97 Å². The molecule has 0 radical (unpaired) electrons. The standard InChI is InChI=1S/C37H47N3O4/c1-23(2)43-36(42)34(44-37(5,6)7)32-25(4)39-24(3)31(33(32)40-21-29-14-11-15-30(29)22-40)27-16-18-28(19-17-27)35(41)38-20-26-12-9-8-10-13-26/h8-10,12-13,16-19,23,29-30,34H,11,14-15,20-22H2,1-7H3,(H,38,41)/t29?,30?,34-/m0/s1. The first-order valence-electron chi connectivity index (χ1n) is 16.0. The summed E-state index contributed by atoms with van der Waals surface area (Å²) >= 11 is 0. The SMILES string of the molecule is Cc1nc(C)c([C@H](OC(C)(C)C)C(=O)OC(C)C)c(N2CC3CCCC3C2)c1-c1ccc(C(=O)NCc2ccccc2)cc1. The van der Waals surface area contributed by atoms with E-state index in [9.17, 15) is 9.59 Å². The van der Waals surface area contributed by atoms with Gasteiger partial charge in [0.25, 0.3) is 5.91 Å². The summed E-state index contributed by atoms with van der Waals surface area (Å²) in [6.07, 6.45) is 2.55. The number of anilines is 1. The van der Waals surface area contributed by atoms with E-state index in [1.807, 2.05) is 103 Å². The predicted molar refractivity (Wildman–Crippen MR) is 175 cm³/mol. The minimum Gasteiger partial charge on any atom is -0.461 e. The molecule has 2 unspecified atom stereocenters. The molecule has 1 aromatic heterocycles. The Morgan fingerprint density at radius 1 is 0.955 bits per heavy atom. The summed E-state index contributed by atoms with van der Waals surface area (Å²) in [6.45, 7) is 15.9. The fraction of sp³-hybridized carbons (Fsp3) is 0.486. The maximum atomic E-state index is 13.7. The Hall–Kier alpha value is -3.71. The van der Waals surface area contributed by atoms with Crippen LogP contribution in [0, 0.1) is 25.7 Å². The Kier molecular flexibility index (Phi) is 9.45. The molecule has 2 aromatic carbocycles. The van der Waals surface area contributed by atoms with Crippen LogP contribution in [0.5, 0.6) is 0 Å². The van der Waals surface area contributed by atoms with E-state index in [4.69, 9.17) is 14.5 Å². The minimum atomic E-state index is -0.928. The molecule has 2 fully saturated rings. The van der Waals surface area contributed by atoms with Gasteiger partial charge in [-0.15, -0.1) is 0 Å². The Balaban J connectivity index is 1.57. The molecule has 0 spiro atoms. The number of carbonyl (C=O) groups is 2. The van der Waals surface area contributed by atoms with Gasteiger partial charge in [-0.25, -0.2) is 4.79 Å². The van der Waals surface area contributed by atoms with E-state index in [-0.39, 0.29) is 12.0 Å². The van der Waals surface area contributed by atoms with Crippen molar-refractivity contribution < 1.29 is 19.1 Å². The van der Waals surface area contributed by atoms with E-state index in [0.29, 0.717) is 23.9 Å². The monoisotopic (exact) mass is 597 g/mol. The first kappa shape index (κ1) is 31.7. The first-order valence-corrected chi connectivity index (χ1v) is 16.0. The lowest BCUT2D eigenvalue weighted by Gasteiger charge is -2.33. The fourth-order valence-electron chi connectivity index (χ4n) is 6.79. The number of fused-ring (bicyclic) bond motifs is 1. The Bertz CT molecular complexity index is 1470. The van der Waals surface area contributed by atoms with Gasteiger partial charge in [-0.2, -0.15) is 0 Å². The number of hydrogen-bond acceptors (Lipinski definition) is 6. The first-order chi connectivity index (χ1) is 20.9. The van der Waals surface area contributed by atoms with Crippen molar-refractivity contribution in [3.63, 3.8) is 0 Å². The highest BCUT2D eigenvalue weighted by molar-refractivity contribution is 5.95. The van der Waals surface area contributed by atoms with Gasteiger partial charge in [-0.3, -0.25) is 9.78 Å². The topological polar surface area (TPSA) is 80.8 Å². The lowest BCUT2D eigenvalue weighted by atomic mass is 9.93. The second-order valence-electron chi connectivity index (χ2n) is 13.6. The average molecular weight is 598 g/mol. The second-order valence-corrected chi connectivity index (χ2v) is 13.6. The van der Waals surface area contributed by atoms with Gasteiger partial charge in [-0.05, 0) is 96.4 Å². The number of pyridine rings is 1. The quantitative estimate of drug-likeness (QED) is 0.260. The molecule has 7 heteroatoms. The van der Waals surface area contributed by atoms with E-state index in [1.54, 1.807) is 0 Å². The molecule has 1 aliphatic heterocycles. The van der Waals surface area contributed by atoms with Crippen LogP contribution in [0.15, 0.2) is 54.6 Å². The highest BCUT2D eigenvalue weighted by Crippen LogP contribution is 2.47. The molecule has 1 saturated carbocycles. The third-order valence-corrected chi connectivity index (χ3v) is 8.65. The summed E-state index contributed by atoms with van der Waals surface area (Å²) in [4.78, 5) is 34.2. The van der Waals surface area contributed by atoms with Gasteiger partial charge < -0.3 is 19.7 Å². The number of aryl methyl sites for hydroxylation is 2. The Morgan fingerprint density at radius 3 is 2.18 bits per heavy atom. The van der Waals surface area contributed by atoms with Crippen molar-refractivity contribution in [2.75, 3.05) is 18.0 Å². The van der Waals surface area contributed by atoms with Crippen LogP contribution >= 0.6 is 0 Å². The van der Waals surface area contributed by atoms with Gasteiger partial charge in [0.05, 0.1) is 17.4 Å². The Labute approximate surface area is 262 Å². The lowest BCUT2D eigenvalue weighted by Crippen LogP contribution is -2.33. The zero-order chi connectivity index (χ0) is 31.6.